The van der Waals surface area contributed by atoms with Crippen molar-refractivity contribution < 1.29 is 9.90 Å². The molecule has 0 bridgehead atoms. The number of carboxylic acids is 1. The second kappa shape index (κ2) is 5.01. The Bertz CT molecular complexity index is 607. The van der Waals surface area contributed by atoms with Gasteiger partial charge in [-0.05, 0) is 12.1 Å². The fourth-order valence-corrected chi connectivity index (χ4v) is 1.82. The number of carbonyl (C=O) groups is 1. The zero-order valence-corrected chi connectivity index (χ0v) is 10.1. The molecule has 0 saturated carbocycles. The lowest BCUT2D eigenvalue weighted by atomic mass is 10.1. The summed E-state index contributed by atoms with van der Waals surface area (Å²) in [6, 6.07) is 6.89. The molecule has 1 aromatic heterocycles. The van der Waals surface area contributed by atoms with Crippen molar-refractivity contribution in [1.29, 1.82) is 0 Å². The van der Waals surface area contributed by atoms with Gasteiger partial charge in [0, 0.05) is 10.6 Å². The number of rotatable bonds is 4. The Morgan fingerprint density at radius 1 is 1.56 bits per heavy atom. The Morgan fingerprint density at radius 3 is 2.94 bits per heavy atom. The van der Waals surface area contributed by atoms with Crippen molar-refractivity contribution >= 4 is 17.6 Å². The molecule has 18 heavy (non-hydrogen) atoms. The molecule has 2 rings (SSSR count). The van der Waals surface area contributed by atoms with Crippen LogP contribution in [-0.4, -0.2) is 26.1 Å². The maximum Gasteiger partial charge on any atom is 0.358 e. The number of allylic oxidation sites excluding steroid dienone is 1. The van der Waals surface area contributed by atoms with Gasteiger partial charge >= 0.3 is 5.97 Å². The van der Waals surface area contributed by atoms with Crippen LogP contribution in [-0.2, 0) is 6.54 Å². The lowest BCUT2D eigenvalue weighted by Crippen LogP contribution is -2.03. The Kier molecular flexibility index (Phi) is 3.43. The Labute approximate surface area is 108 Å². The first kappa shape index (κ1) is 12.3. The summed E-state index contributed by atoms with van der Waals surface area (Å²) >= 11 is 5.91. The van der Waals surface area contributed by atoms with Crippen LogP contribution >= 0.6 is 11.6 Å². The molecule has 5 nitrogen and oxygen atoms in total. The summed E-state index contributed by atoms with van der Waals surface area (Å²) in [5.74, 6) is -1.12. The SMILES string of the molecule is C=CCn1nnc(C(=O)O)c1-c1cccc(Cl)c1. The number of hydrogen-bond acceptors (Lipinski definition) is 3. The average Bonchev–Trinajstić information content (AvgIpc) is 2.73. The van der Waals surface area contributed by atoms with Gasteiger partial charge in [0.05, 0.1) is 6.54 Å². The van der Waals surface area contributed by atoms with E-state index >= 15 is 0 Å². The molecule has 1 heterocycles. The van der Waals surface area contributed by atoms with E-state index in [4.69, 9.17) is 16.7 Å². The highest BCUT2D eigenvalue weighted by molar-refractivity contribution is 6.30. The molecule has 6 heteroatoms. The van der Waals surface area contributed by atoms with E-state index in [9.17, 15) is 4.79 Å². The summed E-state index contributed by atoms with van der Waals surface area (Å²) < 4.78 is 1.47. The minimum Gasteiger partial charge on any atom is -0.476 e. The number of aromatic carboxylic acids is 1. The van der Waals surface area contributed by atoms with E-state index in [1.807, 2.05) is 0 Å². The van der Waals surface area contributed by atoms with Crippen molar-refractivity contribution in [2.45, 2.75) is 6.54 Å². The fourth-order valence-electron chi connectivity index (χ4n) is 1.63. The third-order valence-electron chi connectivity index (χ3n) is 2.34. The van der Waals surface area contributed by atoms with Crippen LogP contribution in [0.1, 0.15) is 10.5 Å². The van der Waals surface area contributed by atoms with Gasteiger partial charge in [0.15, 0.2) is 5.69 Å². The van der Waals surface area contributed by atoms with E-state index in [1.165, 1.54) is 4.68 Å². The van der Waals surface area contributed by atoms with Crippen LogP contribution in [0.3, 0.4) is 0 Å². The molecule has 0 spiro atoms. The molecule has 0 aliphatic rings. The van der Waals surface area contributed by atoms with E-state index in [0.29, 0.717) is 22.8 Å². The highest BCUT2D eigenvalue weighted by atomic mass is 35.5. The van der Waals surface area contributed by atoms with E-state index in [-0.39, 0.29) is 5.69 Å². The van der Waals surface area contributed by atoms with Crippen LogP contribution in [0.5, 0.6) is 0 Å². The average molecular weight is 264 g/mol. The predicted octanol–water partition coefficient (Wildman–Crippen LogP) is 2.48. The lowest BCUT2D eigenvalue weighted by Gasteiger charge is -2.05. The molecule has 0 aliphatic heterocycles. The Morgan fingerprint density at radius 2 is 2.33 bits per heavy atom. The van der Waals surface area contributed by atoms with Crippen LogP contribution in [0.15, 0.2) is 36.9 Å². The van der Waals surface area contributed by atoms with Gasteiger partial charge in [-0.2, -0.15) is 0 Å². The molecule has 0 amide bonds. The summed E-state index contributed by atoms with van der Waals surface area (Å²) in [6.07, 6.45) is 1.62. The third-order valence-corrected chi connectivity index (χ3v) is 2.57. The summed E-state index contributed by atoms with van der Waals surface area (Å²) in [5, 5.41) is 17.1. The van der Waals surface area contributed by atoms with Crippen molar-refractivity contribution in [2.24, 2.45) is 0 Å². The molecular formula is C12H10ClN3O2. The summed E-state index contributed by atoms with van der Waals surface area (Å²) in [7, 11) is 0. The number of benzene rings is 1. The summed E-state index contributed by atoms with van der Waals surface area (Å²) in [6.45, 7) is 3.98. The molecule has 0 unspecified atom stereocenters. The van der Waals surface area contributed by atoms with E-state index in [1.54, 1.807) is 30.3 Å². The summed E-state index contributed by atoms with van der Waals surface area (Å²) in [4.78, 5) is 11.1. The van der Waals surface area contributed by atoms with Gasteiger partial charge in [0.2, 0.25) is 0 Å². The molecule has 2 aromatic rings. The monoisotopic (exact) mass is 263 g/mol. The van der Waals surface area contributed by atoms with E-state index in [2.05, 4.69) is 16.9 Å². The smallest absolute Gasteiger partial charge is 0.358 e. The van der Waals surface area contributed by atoms with Gasteiger partial charge in [-0.15, -0.1) is 11.7 Å². The largest absolute Gasteiger partial charge is 0.476 e. The molecular weight excluding hydrogens is 254 g/mol. The Hall–Kier alpha value is -2.14. The maximum atomic E-state index is 11.1. The van der Waals surface area contributed by atoms with E-state index < -0.39 is 5.97 Å². The number of carboxylic acid groups (broad SMARTS) is 1. The molecule has 92 valence electrons. The van der Waals surface area contributed by atoms with Gasteiger partial charge < -0.3 is 5.11 Å². The van der Waals surface area contributed by atoms with Crippen LogP contribution in [0.4, 0.5) is 0 Å². The summed E-state index contributed by atoms with van der Waals surface area (Å²) in [5.41, 5.74) is 0.982. The molecule has 1 N–H and O–H groups in total. The molecule has 0 aliphatic carbocycles. The molecule has 0 radical (unpaired) electrons. The number of hydrogen-bond donors (Lipinski definition) is 1. The maximum absolute atomic E-state index is 11.1. The number of halogens is 1. The van der Waals surface area contributed by atoms with Crippen molar-refractivity contribution in [3.63, 3.8) is 0 Å². The minimum atomic E-state index is -1.12. The van der Waals surface area contributed by atoms with Gasteiger partial charge in [-0.3, -0.25) is 0 Å². The predicted molar refractivity (Wildman–Crippen MR) is 67.6 cm³/mol. The highest BCUT2D eigenvalue weighted by Gasteiger charge is 2.20. The van der Waals surface area contributed by atoms with Gasteiger partial charge in [-0.25, -0.2) is 9.48 Å². The van der Waals surface area contributed by atoms with Crippen molar-refractivity contribution in [3.05, 3.63) is 47.6 Å². The first-order valence-corrected chi connectivity index (χ1v) is 5.55. The first-order valence-electron chi connectivity index (χ1n) is 5.17. The second-order valence-corrected chi connectivity index (χ2v) is 4.01. The quantitative estimate of drug-likeness (QED) is 0.861. The Balaban J connectivity index is 2.62. The van der Waals surface area contributed by atoms with Crippen LogP contribution < -0.4 is 0 Å². The van der Waals surface area contributed by atoms with Crippen molar-refractivity contribution in [1.82, 2.24) is 15.0 Å². The van der Waals surface area contributed by atoms with Crippen LogP contribution in [0.25, 0.3) is 11.3 Å². The number of aromatic nitrogens is 3. The van der Waals surface area contributed by atoms with Crippen molar-refractivity contribution in [3.8, 4) is 11.3 Å². The number of nitrogens with zero attached hydrogens (tertiary/aromatic N) is 3. The second-order valence-electron chi connectivity index (χ2n) is 3.57. The lowest BCUT2D eigenvalue weighted by molar-refractivity contribution is 0.0691. The zero-order valence-electron chi connectivity index (χ0n) is 9.38. The van der Waals surface area contributed by atoms with Gasteiger partial charge in [0.25, 0.3) is 0 Å². The van der Waals surface area contributed by atoms with Gasteiger partial charge in [-0.1, -0.05) is 35.0 Å². The zero-order chi connectivity index (χ0) is 13.1. The molecule has 1 aromatic carbocycles. The topological polar surface area (TPSA) is 68.0 Å². The van der Waals surface area contributed by atoms with Crippen molar-refractivity contribution in [2.75, 3.05) is 0 Å². The van der Waals surface area contributed by atoms with Gasteiger partial charge in [0.1, 0.15) is 5.69 Å². The van der Waals surface area contributed by atoms with E-state index in [0.717, 1.165) is 0 Å². The van der Waals surface area contributed by atoms with Crippen LogP contribution in [0, 0.1) is 0 Å². The van der Waals surface area contributed by atoms with Crippen LogP contribution in [0.2, 0.25) is 5.02 Å². The normalized spacial score (nSPS) is 10.3. The highest BCUT2D eigenvalue weighted by Crippen LogP contribution is 2.25. The molecule has 0 atom stereocenters. The minimum absolute atomic E-state index is 0.0980. The molecule has 0 fully saturated rings. The molecule has 0 saturated heterocycles. The fraction of sp³-hybridized carbons (Fsp3) is 0.0833. The standard InChI is InChI=1S/C12H10ClN3O2/c1-2-6-16-11(10(12(17)18)14-15-16)8-4-3-5-9(13)7-8/h2-5,7H,1,6H2,(H,17,18). The third kappa shape index (κ3) is 2.26. The first-order chi connectivity index (χ1) is 8.63.